The normalized spacial score (nSPS) is 11.1. The zero-order chi connectivity index (χ0) is 20.9. The van der Waals surface area contributed by atoms with E-state index in [1.54, 1.807) is 18.3 Å². The summed E-state index contributed by atoms with van der Waals surface area (Å²) in [5.74, 6) is -0.257. The fraction of sp³-hybridized carbons (Fsp3) is 0.182. The number of rotatable bonds is 7. The number of pyridine rings is 1. The fourth-order valence-electron chi connectivity index (χ4n) is 2.80. The Kier molecular flexibility index (Phi) is 6.29. The lowest BCUT2D eigenvalue weighted by atomic mass is 10.1. The summed E-state index contributed by atoms with van der Waals surface area (Å²) >= 11 is 0. The highest BCUT2D eigenvalue weighted by molar-refractivity contribution is 7.92. The first-order chi connectivity index (χ1) is 13.9. The average molecular weight is 410 g/mol. The van der Waals surface area contributed by atoms with Crippen LogP contribution in [0.5, 0.6) is 0 Å². The molecule has 2 aromatic carbocycles. The molecule has 3 rings (SSSR count). The second-order valence-electron chi connectivity index (χ2n) is 6.70. The third kappa shape index (κ3) is 5.20. The van der Waals surface area contributed by atoms with Crippen LogP contribution in [0.1, 0.15) is 27.2 Å². The van der Waals surface area contributed by atoms with E-state index in [4.69, 9.17) is 0 Å². The van der Waals surface area contributed by atoms with E-state index in [0.29, 0.717) is 24.2 Å². The summed E-state index contributed by atoms with van der Waals surface area (Å²) < 4.78 is 27.9. The molecule has 3 aromatic rings. The van der Waals surface area contributed by atoms with E-state index >= 15 is 0 Å². The molecular formula is C22H23N3O3S. The molecule has 6 nitrogen and oxygen atoms in total. The van der Waals surface area contributed by atoms with Crippen LogP contribution in [0.4, 0.5) is 5.69 Å². The number of hydrogen-bond acceptors (Lipinski definition) is 4. The lowest BCUT2D eigenvalue weighted by Gasteiger charge is -2.12. The van der Waals surface area contributed by atoms with Crippen LogP contribution in [0.15, 0.2) is 71.8 Å². The Hall–Kier alpha value is -3.19. The molecule has 1 aromatic heterocycles. The minimum Gasteiger partial charge on any atom is -0.352 e. The first kappa shape index (κ1) is 20.5. The first-order valence-electron chi connectivity index (χ1n) is 9.24. The molecule has 0 aliphatic heterocycles. The van der Waals surface area contributed by atoms with Crippen LogP contribution in [0.3, 0.4) is 0 Å². The summed E-state index contributed by atoms with van der Waals surface area (Å²) in [5.41, 5.74) is 3.72. The molecular weight excluding hydrogens is 386 g/mol. The molecule has 0 aliphatic rings. The maximum absolute atomic E-state index is 12.7. The number of aryl methyl sites for hydroxylation is 1. The summed E-state index contributed by atoms with van der Waals surface area (Å²) in [4.78, 5) is 16.6. The standard InChI is InChI=1S/C22H23N3O3S/c1-16-6-5-8-21(17(16)2)25-29(27,28)20-11-9-18(10-12-20)22(26)24-15-13-19-7-3-4-14-23-19/h3-12,14,25H,13,15H2,1-2H3,(H,24,26). The van der Waals surface area contributed by atoms with Crippen LogP contribution < -0.4 is 10.0 Å². The van der Waals surface area contributed by atoms with Crippen LogP contribution in [-0.2, 0) is 16.4 Å². The van der Waals surface area contributed by atoms with Gasteiger partial charge in [0.25, 0.3) is 15.9 Å². The summed E-state index contributed by atoms with van der Waals surface area (Å²) in [5, 5.41) is 2.82. The molecule has 0 saturated heterocycles. The van der Waals surface area contributed by atoms with Crippen molar-refractivity contribution < 1.29 is 13.2 Å². The molecule has 1 heterocycles. The monoisotopic (exact) mass is 409 g/mol. The van der Waals surface area contributed by atoms with Gasteiger partial charge in [-0.25, -0.2) is 8.42 Å². The van der Waals surface area contributed by atoms with Crippen molar-refractivity contribution in [1.29, 1.82) is 0 Å². The van der Waals surface area contributed by atoms with E-state index in [1.165, 1.54) is 24.3 Å². The minimum absolute atomic E-state index is 0.100. The van der Waals surface area contributed by atoms with Crippen molar-refractivity contribution in [3.05, 3.63) is 89.2 Å². The Morgan fingerprint density at radius 1 is 0.966 bits per heavy atom. The molecule has 0 aliphatic carbocycles. The molecule has 0 fully saturated rings. The fourth-order valence-corrected chi connectivity index (χ4v) is 3.93. The minimum atomic E-state index is -3.74. The number of benzene rings is 2. The Labute approximate surface area is 171 Å². The highest BCUT2D eigenvalue weighted by atomic mass is 32.2. The van der Waals surface area contributed by atoms with E-state index in [2.05, 4.69) is 15.0 Å². The van der Waals surface area contributed by atoms with Crippen molar-refractivity contribution in [3.63, 3.8) is 0 Å². The first-order valence-corrected chi connectivity index (χ1v) is 10.7. The lowest BCUT2D eigenvalue weighted by molar-refractivity contribution is 0.0954. The van der Waals surface area contributed by atoms with Crippen molar-refractivity contribution in [2.24, 2.45) is 0 Å². The number of carbonyl (C=O) groups excluding carboxylic acids is 1. The third-order valence-electron chi connectivity index (χ3n) is 4.67. The highest BCUT2D eigenvalue weighted by Crippen LogP contribution is 2.22. The van der Waals surface area contributed by atoms with Crippen LogP contribution in [-0.4, -0.2) is 25.9 Å². The summed E-state index contributed by atoms with van der Waals surface area (Å²) in [6, 6.07) is 17.0. The number of sulfonamides is 1. The van der Waals surface area contributed by atoms with E-state index < -0.39 is 10.0 Å². The van der Waals surface area contributed by atoms with E-state index in [-0.39, 0.29) is 10.8 Å². The number of carbonyl (C=O) groups is 1. The number of nitrogens with zero attached hydrogens (tertiary/aromatic N) is 1. The predicted octanol–water partition coefficient (Wildman–Crippen LogP) is 3.47. The maximum Gasteiger partial charge on any atom is 0.261 e. The van der Waals surface area contributed by atoms with Crippen molar-refractivity contribution >= 4 is 21.6 Å². The van der Waals surface area contributed by atoms with Gasteiger partial charge in [-0.2, -0.15) is 0 Å². The molecule has 29 heavy (non-hydrogen) atoms. The smallest absolute Gasteiger partial charge is 0.261 e. The van der Waals surface area contributed by atoms with Gasteiger partial charge in [0, 0.05) is 30.4 Å². The van der Waals surface area contributed by atoms with Gasteiger partial charge in [-0.1, -0.05) is 18.2 Å². The van der Waals surface area contributed by atoms with E-state index in [9.17, 15) is 13.2 Å². The average Bonchev–Trinajstić information content (AvgIpc) is 2.72. The molecule has 0 bridgehead atoms. The summed E-state index contributed by atoms with van der Waals surface area (Å²) in [6.45, 7) is 4.24. The van der Waals surface area contributed by atoms with Gasteiger partial charge in [-0.15, -0.1) is 0 Å². The van der Waals surface area contributed by atoms with Gasteiger partial charge in [-0.05, 0) is 67.4 Å². The highest BCUT2D eigenvalue weighted by Gasteiger charge is 2.16. The molecule has 0 atom stereocenters. The van der Waals surface area contributed by atoms with Crippen LogP contribution in [0.2, 0.25) is 0 Å². The molecule has 0 saturated carbocycles. The van der Waals surface area contributed by atoms with Crippen molar-refractivity contribution in [3.8, 4) is 0 Å². The second-order valence-corrected chi connectivity index (χ2v) is 8.39. The molecule has 1 amide bonds. The SMILES string of the molecule is Cc1cccc(NS(=O)(=O)c2ccc(C(=O)NCCc3ccccn3)cc2)c1C. The molecule has 150 valence electrons. The second kappa shape index (κ2) is 8.87. The van der Waals surface area contributed by atoms with Gasteiger partial charge in [0.15, 0.2) is 0 Å². The van der Waals surface area contributed by atoms with Crippen molar-refractivity contribution in [1.82, 2.24) is 10.3 Å². The van der Waals surface area contributed by atoms with Crippen LogP contribution in [0, 0.1) is 13.8 Å². The Bertz CT molecular complexity index is 1100. The van der Waals surface area contributed by atoms with Gasteiger partial charge in [-0.3, -0.25) is 14.5 Å². The number of anilines is 1. The number of aromatic nitrogens is 1. The molecule has 2 N–H and O–H groups in total. The Morgan fingerprint density at radius 3 is 2.41 bits per heavy atom. The number of amides is 1. The molecule has 7 heteroatoms. The Morgan fingerprint density at radius 2 is 1.72 bits per heavy atom. The predicted molar refractivity (Wildman–Crippen MR) is 113 cm³/mol. The zero-order valence-electron chi connectivity index (χ0n) is 16.3. The van der Waals surface area contributed by atoms with Gasteiger partial charge in [0.1, 0.15) is 0 Å². The molecule has 0 radical (unpaired) electrons. The van der Waals surface area contributed by atoms with Crippen molar-refractivity contribution in [2.75, 3.05) is 11.3 Å². The molecule has 0 spiro atoms. The maximum atomic E-state index is 12.7. The van der Waals surface area contributed by atoms with E-state index in [1.807, 2.05) is 38.1 Å². The lowest BCUT2D eigenvalue weighted by Crippen LogP contribution is -2.26. The number of nitrogens with one attached hydrogen (secondary N) is 2. The third-order valence-corrected chi connectivity index (χ3v) is 6.05. The molecule has 0 unspecified atom stereocenters. The quantitative estimate of drug-likeness (QED) is 0.625. The number of hydrogen-bond donors (Lipinski definition) is 2. The van der Waals surface area contributed by atoms with Gasteiger partial charge in [0.2, 0.25) is 0 Å². The largest absolute Gasteiger partial charge is 0.352 e. The van der Waals surface area contributed by atoms with Gasteiger partial charge < -0.3 is 5.32 Å². The van der Waals surface area contributed by atoms with E-state index in [0.717, 1.165) is 16.8 Å². The van der Waals surface area contributed by atoms with Crippen LogP contribution >= 0.6 is 0 Å². The van der Waals surface area contributed by atoms with Gasteiger partial charge in [0.05, 0.1) is 10.6 Å². The summed E-state index contributed by atoms with van der Waals surface area (Å²) in [6.07, 6.45) is 2.33. The zero-order valence-corrected chi connectivity index (χ0v) is 17.2. The Balaban J connectivity index is 1.64. The van der Waals surface area contributed by atoms with Crippen molar-refractivity contribution in [2.45, 2.75) is 25.2 Å². The van der Waals surface area contributed by atoms with Crippen LogP contribution in [0.25, 0.3) is 0 Å². The topological polar surface area (TPSA) is 88.2 Å². The van der Waals surface area contributed by atoms with Gasteiger partial charge >= 0.3 is 0 Å². The summed E-state index contributed by atoms with van der Waals surface area (Å²) in [7, 11) is -3.74.